The van der Waals surface area contributed by atoms with Gasteiger partial charge in [0.25, 0.3) is 0 Å². The van der Waals surface area contributed by atoms with Gasteiger partial charge in [-0.3, -0.25) is 0 Å². The highest BCUT2D eigenvalue weighted by Gasteiger charge is 2.13. The van der Waals surface area contributed by atoms with Crippen molar-refractivity contribution in [3.63, 3.8) is 0 Å². The van der Waals surface area contributed by atoms with Crippen LogP contribution in [0.1, 0.15) is 36.5 Å². The fraction of sp³-hybridized carbons (Fsp3) is 0.267. The van der Waals surface area contributed by atoms with Gasteiger partial charge in [0.1, 0.15) is 18.0 Å². The van der Waals surface area contributed by atoms with E-state index in [4.69, 9.17) is 11.0 Å². The second-order valence-electron chi connectivity index (χ2n) is 4.94. The Balaban J connectivity index is 2.45. The first kappa shape index (κ1) is 13.8. The van der Waals surface area contributed by atoms with Crippen molar-refractivity contribution in [3.05, 3.63) is 41.2 Å². The number of aryl methyl sites for hydroxylation is 1. The minimum atomic E-state index is 0.207. The number of hydrogen-bond acceptors (Lipinski definition) is 5. The molecule has 3 N–H and O–H groups in total. The fourth-order valence-corrected chi connectivity index (χ4v) is 2.03. The van der Waals surface area contributed by atoms with E-state index in [-0.39, 0.29) is 5.92 Å². The highest BCUT2D eigenvalue weighted by atomic mass is 15.0. The lowest BCUT2D eigenvalue weighted by Gasteiger charge is -2.16. The number of anilines is 3. The van der Waals surface area contributed by atoms with Gasteiger partial charge in [0.2, 0.25) is 0 Å². The highest BCUT2D eigenvalue weighted by Crippen LogP contribution is 2.29. The summed E-state index contributed by atoms with van der Waals surface area (Å²) in [7, 11) is 0. The molecule has 0 radical (unpaired) electrons. The molecule has 1 aromatic carbocycles. The molecule has 0 saturated carbocycles. The number of nitrogens with zero attached hydrogens (tertiary/aromatic N) is 3. The molecule has 1 aromatic heterocycles. The molecule has 5 nitrogen and oxygen atoms in total. The summed E-state index contributed by atoms with van der Waals surface area (Å²) in [5.41, 5.74) is 9.30. The Morgan fingerprint density at radius 1 is 1.30 bits per heavy atom. The first-order valence-corrected chi connectivity index (χ1v) is 6.41. The lowest BCUT2D eigenvalue weighted by molar-refractivity contribution is 0.855. The first-order valence-electron chi connectivity index (χ1n) is 6.41. The van der Waals surface area contributed by atoms with Crippen molar-refractivity contribution < 1.29 is 0 Å². The van der Waals surface area contributed by atoms with Gasteiger partial charge in [-0.15, -0.1) is 0 Å². The molecule has 0 aliphatic heterocycles. The van der Waals surface area contributed by atoms with E-state index in [1.54, 1.807) is 12.1 Å². The van der Waals surface area contributed by atoms with Crippen LogP contribution in [0.4, 0.5) is 17.3 Å². The van der Waals surface area contributed by atoms with E-state index >= 15 is 0 Å². The van der Waals surface area contributed by atoms with Gasteiger partial charge >= 0.3 is 0 Å². The topological polar surface area (TPSA) is 87.6 Å². The molecule has 0 atom stereocenters. The zero-order chi connectivity index (χ0) is 14.7. The molecule has 0 amide bonds. The van der Waals surface area contributed by atoms with Crippen LogP contribution in [0, 0.1) is 18.3 Å². The minimum absolute atomic E-state index is 0.207. The van der Waals surface area contributed by atoms with Crippen LogP contribution < -0.4 is 11.1 Å². The number of nitrogens with one attached hydrogen (secondary N) is 1. The summed E-state index contributed by atoms with van der Waals surface area (Å²) < 4.78 is 0. The van der Waals surface area contributed by atoms with Crippen LogP contribution in [0.15, 0.2) is 24.5 Å². The molecule has 2 aromatic rings. The Hall–Kier alpha value is -2.61. The van der Waals surface area contributed by atoms with Crippen LogP contribution in [0.2, 0.25) is 0 Å². The third-order valence-electron chi connectivity index (χ3n) is 3.11. The summed E-state index contributed by atoms with van der Waals surface area (Å²) in [6, 6.07) is 7.63. The van der Waals surface area contributed by atoms with Gasteiger partial charge in [0.05, 0.1) is 11.6 Å². The van der Waals surface area contributed by atoms with Crippen molar-refractivity contribution in [1.29, 1.82) is 5.26 Å². The highest BCUT2D eigenvalue weighted by molar-refractivity contribution is 5.68. The van der Waals surface area contributed by atoms with Crippen molar-refractivity contribution in [1.82, 2.24) is 9.97 Å². The molecule has 2 rings (SSSR count). The second-order valence-corrected chi connectivity index (χ2v) is 4.94. The number of nitrogens with two attached hydrogens (primary N) is 1. The van der Waals surface area contributed by atoms with E-state index in [1.165, 1.54) is 6.33 Å². The SMILES string of the molecule is Cc1ccc(C#N)cc1Nc1ncnc(N)c1C(C)C. The molecule has 0 spiro atoms. The van der Waals surface area contributed by atoms with Gasteiger partial charge in [-0.25, -0.2) is 9.97 Å². The molecule has 0 saturated heterocycles. The lowest BCUT2D eigenvalue weighted by Crippen LogP contribution is -2.07. The van der Waals surface area contributed by atoms with Gasteiger partial charge in [-0.1, -0.05) is 19.9 Å². The Bertz CT molecular complexity index is 670. The van der Waals surface area contributed by atoms with Crippen molar-refractivity contribution >= 4 is 17.3 Å². The maximum atomic E-state index is 8.98. The second kappa shape index (κ2) is 5.57. The van der Waals surface area contributed by atoms with Gasteiger partial charge < -0.3 is 11.1 Å². The molecule has 102 valence electrons. The Morgan fingerprint density at radius 2 is 2.05 bits per heavy atom. The first-order chi connectivity index (χ1) is 9.52. The summed E-state index contributed by atoms with van der Waals surface area (Å²) in [4.78, 5) is 8.30. The summed E-state index contributed by atoms with van der Waals surface area (Å²) in [5.74, 6) is 1.37. The number of aromatic nitrogens is 2. The van der Waals surface area contributed by atoms with Crippen molar-refractivity contribution in [2.24, 2.45) is 0 Å². The zero-order valence-electron chi connectivity index (χ0n) is 11.8. The Labute approximate surface area is 118 Å². The third-order valence-corrected chi connectivity index (χ3v) is 3.11. The predicted octanol–water partition coefficient (Wildman–Crippen LogP) is 3.11. The fourth-order valence-electron chi connectivity index (χ4n) is 2.03. The predicted molar refractivity (Wildman–Crippen MR) is 79.7 cm³/mol. The minimum Gasteiger partial charge on any atom is -0.383 e. The third kappa shape index (κ3) is 2.69. The molecule has 5 heteroatoms. The normalized spacial score (nSPS) is 10.3. The molecule has 0 aliphatic carbocycles. The van der Waals surface area contributed by atoms with Crippen LogP contribution in [0.5, 0.6) is 0 Å². The van der Waals surface area contributed by atoms with Crippen molar-refractivity contribution in [2.45, 2.75) is 26.7 Å². The van der Waals surface area contributed by atoms with Crippen LogP contribution in [-0.2, 0) is 0 Å². The number of hydrogen-bond donors (Lipinski definition) is 2. The number of benzene rings is 1. The molecule has 0 unspecified atom stereocenters. The molecular formula is C15H17N5. The summed E-state index contributed by atoms with van der Waals surface area (Å²) >= 11 is 0. The largest absolute Gasteiger partial charge is 0.383 e. The van der Waals surface area contributed by atoms with Crippen LogP contribution in [0.3, 0.4) is 0 Å². The lowest BCUT2D eigenvalue weighted by atomic mass is 10.0. The van der Waals surface area contributed by atoms with Crippen LogP contribution in [0.25, 0.3) is 0 Å². The molecular weight excluding hydrogens is 250 g/mol. The van der Waals surface area contributed by atoms with Crippen molar-refractivity contribution in [3.8, 4) is 6.07 Å². The number of rotatable bonds is 3. The number of nitrogen functional groups attached to an aromatic ring is 1. The molecule has 0 fully saturated rings. The molecule has 0 bridgehead atoms. The van der Waals surface area contributed by atoms with Gasteiger partial charge in [0, 0.05) is 11.3 Å². The molecule has 20 heavy (non-hydrogen) atoms. The summed E-state index contributed by atoms with van der Waals surface area (Å²) in [6.45, 7) is 6.06. The standard InChI is InChI=1S/C15H17N5/c1-9(2)13-14(17)18-8-19-15(13)20-12-6-11(7-16)5-4-10(12)3/h4-6,8-9H,1-3H3,(H3,17,18,19,20). The average Bonchev–Trinajstić information content (AvgIpc) is 2.41. The van der Waals surface area contributed by atoms with E-state index in [1.807, 2.05) is 26.8 Å². The average molecular weight is 267 g/mol. The maximum Gasteiger partial charge on any atom is 0.139 e. The van der Waals surface area contributed by atoms with Gasteiger partial charge in [-0.05, 0) is 30.5 Å². The zero-order valence-corrected chi connectivity index (χ0v) is 11.8. The molecule has 1 heterocycles. The maximum absolute atomic E-state index is 8.98. The van der Waals surface area contributed by atoms with E-state index in [0.717, 1.165) is 16.8 Å². The van der Waals surface area contributed by atoms with Crippen LogP contribution >= 0.6 is 0 Å². The number of nitriles is 1. The summed E-state index contributed by atoms with van der Waals surface area (Å²) in [6.07, 6.45) is 1.44. The quantitative estimate of drug-likeness (QED) is 0.892. The van der Waals surface area contributed by atoms with Gasteiger partial charge in [0.15, 0.2) is 0 Å². The Kier molecular flexibility index (Phi) is 3.85. The van der Waals surface area contributed by atoms with E-state index in [9.17, 15) is 0 Å². The van der Waals surface area contributed by atoms with Crippen LogP contribution in [-0.4, -0.2) is 9.97 Å². The van der Waals surface area contributed by atoms with Gasteiger partial charge in [-0.2, -0.15) is 5.26 Å². The monoisotopic (exact) mass is 267 g/mol. The van der Waals surface area contributed by atoms with Crippen molar-refractivity contribution in [2.75, 3.05) is 11.1 Å². The van der Waals surface area contributed by atoms with E-state index < -0.39 is 0 Å². The van der Waals surface area contributed by atoms with E-state index in [0.29, 0.717) is 17.2 Å². The molecule has 0 aliphatic rings. The smallest absolute Gasteiger partial charge is 0.139 e. The summed E-state index contributed by atoms with van der Waals surface area (Å²) in [5, 5.41) is 12.2. The Morgan fingerprint density at radius 3 is 2.70 bits per heavy atom. The van der Waals surface area contributed by atoms with E-state index in [2.05, 4.69) is 21.4 Å².